The normalized spacial score (nSPS) is 14.2. The van der Waals surface area contributed by atoms with E-state index in [9.17, 15) is 0 Å². The Kier molecular flexibility index (Phi) is 3.49. The Morgan fingerprint density at radius 3 is 2.65 bits per heavy atom. The second-order valence-corrected chi connectivity index (χ2v) is 5.63. The third-order valence-corrected chi connectivity index (χ3v) is 3.50. The topological polar surface area (TPSA) is 41.0 Å². The third-order valence-electron chi connectivity index (χ3n) is 3.30. The summed E-state index contributed by atoms with van der Waals surface area (Å²) in [6.07, 6.45) is 2.32. The van der Waals surface area contributed by atoms with Gasteiger partial charge in [-0.3, -0.25) is 0 Å². The molecule has 2 aromatic rings. The van der Waals surface area contributed by atoms with Crippen LogP contribution < -0.4 is 10.2 Å². The van der Waals surface area contributed by atoms with Crippen molar-refractivity contribution in [3.63, 3.8) is 0 Å². The molecule has 0 unspecified atom stereocenters. The Morgan fingerprint density at radius 2 is 1.95 bits per heavy atom. The maximum absolute atomic E-state index is 6.09. The lowest BCUT2D eigenvalue weighted by Gasteiger charge is -2.18. The van der Waals surface area contributed by atoms with E-state index >= 15 is 0 Å². The van der Waals surface area contributed by atoms with Crippen LogP contribution in [0.5, 0.6) is 0 Å². The van der Waals surface area contributed by atoms with Crippen LogP contribution in [0.4, 0.5) is 17.2 Å². The molecule has 1 aliphatic carbocycles. The smallest absolute Gasteiger partial charge is 0.135 e. The largest absolute Gasteiger partial charge is 0.376 e. The minimum atomic E-state index is 0.485. The summed E-state index contributed by atoms with van der Waals surface area (Å²) >= 11 is 6.09. The summed E-state index contributed by atoms with van der Waals surface area (Å²) < 4.78 is 0. The number of nitrogens with zero attached hydrogens (tertiary/aromatic N) is 3. The molecule has 0 aliphatic heterocycles. The van der Waals surface area contributed by atoms with Crippen molar-refractivity contribution in [3.8, 4) is 0 Å². The average molecular weight is 289 g/mol. The van der Waals surface area contributed by atoms with Gasteiger partial charge < -0.3 is 10.2 Å². The molecular formula is C15H17ClN4. The Bertz CT molecular complexity index is 623. The van der Waals surface area contributed by atoms with Crippen LogP contribution in [0.3, 0.4) is 0 Å². The molecule has 0 saturated heterocycles. The monoisotopic (exact) mass is 288 g/mol. The second kappa shape index (κ2) is 5.29. The molecule has 1 aromatic heterocycles. The van der Waals surface area contributed by atoms with E-state index in [1.54, 1.807) is 6.07 Å². The van der Waals surface area contributed by atoms with Gasteiger partial charge >= 0.3 is 0 Å². The first kappa shape index (κ1) is 13.2. The van der Waals surface area contributed by atoms with Crippen molar-refractivity contribution in [3.05, 3.63) is 41.3 Å². The summed E-state index contributed by atoms with van der Waals surface area (Å²) in [7, 11) is 4.03. The summed E-state index contributed by atoms with van der Waals surface area (Å²) in [4.78, 5) is 10.9. The molecule has 5 heteroatoms. The van der Waals surface area contributed by atoms with Gasteiger partial charge in [-0.15, -0.1) is 0 Å². The Labute approximate surface area is 123 Å². The molecule has 4 nitrogen and oxygen atoms in total. The Hall–Kier alpha value is -1.81. The van der Waals surface area contributed by atoms with Crippen LogP contribution in [0, 0.1) is 0 Å². The van der Waals surface area contributed by atoms with Gasteiger partial charge in [-0.1, -0.05) is 23.7 Å². The van der Waals surface area contributed by atoms with Gasteiger partial charge in [-0.2, -0.15) is 0 Å². The standard InChI is InChI=1S/C15H17ClN4/c1-20(2)12-6-4-3-5-11(12)17-14-9-13(16)18-15(19-14)10-7-8-10/h3-6,9-10H,7-8H2,1-2H3,(H,17,18,19). The number of para-hydroxylation sites is 2. The van der Waals surface area contributed by atoms with Crippen LogP contribution in [0.15, 0.2) is 30.3 Å². The molecule has 0 amide bonds. The van der Waals surface area contributed by atoms with Crippen LogP contribution in [0.25, 0.3) is 0 Å². The van der Waals surface area contributed by atoms with Gasteiger partial charge in [0.05, 0.1) is 11.4 Å². The maximum Gasteiger partial charge on any atom is 0.135 e. The van der Waals surface area contributed by atoms with Gasteiger partial charge in [0, 0.05) is 26.1 Å². The second-order valence-electron chi connectivity index (χ2n) is 5.24. The lowest BCUT2D eigenvalue weighted by atomic mass is 10.2. The molecule has 1 heterocycles. The lowest BCUT2D eigenvalue weighted by Crippen LogP contribution is -2.11. The number of nitrogens with one attached hydrogen (secondary N) is 1. The fourth-order valence-corrected chi connectivity index (χ4v) is 2.32. The number of benzene rings is 1. The molecule has 0 atom stereocenters. The van der Waals surface area contributed by atoms with Crippen LogP contribution >= 0.6 is 11.6 Å². The minimum absolute atomic E-state index is 0.485. The molecule has 0 spiro atoms. The SMILES string of the molecule is CN(C)c1ccccc1Nc1cc(Cl)nc(C2CC2)n1. The van der Waals surface area contributed by atoms with Crippen LogP contribution in [0.1, 0.15) is 24.6 Å². The van der Waals surface area contributed by atoms with Crippen molar-refractivity contribution in [2.24, 2.45) is 0 Å². The van der Waals surface area contributed by atoms with Crippen LogP contribution in [-0.2, 0) is 0 Å². The van der Waals surface area contributed by atoms with E-state index in [4.69, 9.17) is 11.6 Å². The van der Waals surface area contributed by atoms with Crippen LogP contribution in [-0.4, -0.2) is 24.1 Å². The predicted octanol–water partition coefficient (Wildman–Crippen LogP) is 3.82. The third kappa shape index (κ3) is 2.85. The van der Waals surface area contributed by atoms with Gasteiger partial charge in [0.15, 0.2) is 0 Å². The summed E-state index contributed by atoms with van der Waals surface area (Å²) in [6.45, 7) is 0. The number of halogens is 1. The fourth-order valence-electron chi connectivity index (χ4n) is 2.13. The first-order valence-electron chi connectivity index (χ1n) is 6.71. The van der Waals surface area contributed by atoms with E-state index in [2.05, 4.69) is 26.3 Å². The number of hydrogen-bond donors (Lipinski definition) is 1. The molecule has 0 radical (unpaired) electrons. The van der Waals surface area contributed by atoms with Gasteiger partial charge in [-0.05, 0) is 25.0 Å². The first-order valence-corrected chi connectivity index (χ1v) is 7.09. The van der Waals surface area contributed by atoms with Gasteiger partial charge in [0.2, 0.25) is 0 Å². The van der Waals surface area contributed by atoms with E-state index in [0.717, 1.165) is 35.9 Å². The molecular weight excluding hydrogens is 272 g/mol. The molecule has 1 N–H and O–H groups in total. The van der Waals surface area contributed by atoms with E-state index in [0.29, 0.717) is 11.1 Å². The van der Waals surface area contributed by atoms with E-state index in [-0.39, 0.29) is 0 Å². The highest BCUT2D eigenvalue weighted by atomic mass is 35.5. The molecule has 1 fully saturated rings. The lowest BCUT2D eigenvalue weighted by molar-refractivity contribution is 0.930. The van der Waals surface area contributed by atoms with Crippen molar-refractivity contribution in [2.75, 3.05) is 24.3 Å². The fraction of sp³-hybridized carbons (Fsp3) is 0.333. The zero-order valence-electron chi connectivity index (χ0n) is 11.6. The summed E-state index contributed by atoms with van der Waals surface area (Å²) in [6, 6.07) is 9.87. The van der Waals surface area contributed by atoms with E-state index in [1.165, 1.54) is 0 Å². The molecule has 1 aromatic carbocycles. The highest BCUT2D eigenvalue weighted by Crippen LogP contribution is 2.39. The number of aromatic nitrogens is 2. The van der Waals surface area contributed by atoms with Crippen LogP contribution in [0.2, 0.25) is 5.15 Å². The maximum atomic E-state index is 6.09. The van der Waals surface area contributed by atoms with Crippen molar-refractivity contribution >= 4 is 28.8 Å². The van der Waals surface area contributed by atoms with Gasteiger partial charge in [0.1, 0.15) is 16.8 Å². The molecule has 0 bridgehead atoms. The Balaban J connectivity index is 1.91. The zero-order chi connectivity index (χ0) is 14.1. The van der Waals surface area contributed by atoms with Gasteiger partial charge in [0.25, 0.3) is 0 Å². The van der Waals surface area contributed by atoms with E-state index < -0.39 is 0 Å². The number of hydrogen-bond acceptors (Lipinski definition) is 4. The molecule has 20 heavy (non-hydrogen) atoms. The summed E-state index contributed by atoms with van der Waals surface area (Å²) in [5.74, 6) is 2.09. The Morgan fingerprint density at radius 1 is 1.20 bits per heavy atom. The quantitative estimate of drug-likeness (QED) is 0.869. The highest BCUT2D eigenvalue weighted by Gasteiger charge is 2.27. The summed E-state index contributed by atoms with van der Waals surface area (Å²) in [5, 5.41) is 3.83. The number of rotatable bonds is 4. The first-order chi connectivity index (χ1) is 9.63. The average Bonchev–Trinajstić information content (AvgIpc) is 3.22. The molecule has 1 aliphatic rings. The predicted molar refractivity (Wildman–Crippen MR) is 83.1 cm³/mol. The highest BCUT2D eigenvalue weighted by molar-refractivity contribution is 6.29. The molecule has 104 valence electrons. The van der Waals surface area contributed by atoms with E-state index in [1.807, 2.05) is 32.3 Å². The zero-order valence-corrected chi connectivity index (χ0v) is 12.4. The molecule has 1 saturated carbocycles. The van der Waals surface area contributed by atoms with Crippen molar-refractivity contribution < 1.29 is 0 Å². The number of anilines is 3. The van der Waals surface area contributed by atoms with Gasteiger partial charge in [-0.25, -0.2) is 9.97 Å². The minimum Gasteiger partial charge on any atom is -0.376 e. The molecule has 3 rings (SSSR count). The van der Waals surface area contributed by atoms with Crippen molar-refractivity contribution in [1.82, 2.24) is 9.97 Å². The van der Waals surface area contributed by atoms with Crippen molar-refractivity contribution in [1.29, 1.82) is 0 Å². The summed E-state index contributed by atoms with van der Waals surface area (Å²) in [5.41, 5.74) is 2.12. The van der Waals surface area contributed by atoms with Crippen molar-refractivity contribution in [2.45, 2.75) is 18.8 Å².